The third-order valence-corrected chi connectivity index (χ3v) is 3.06. The van der Waals surface area contributed by atoms with Crippen LogP contribution >= 0.6 is 0 Å². The van der Waals surface area contributed by atoms with Gasteiger partial charge in [0.1, 0.15) is 17.1 Å². The van der Waals surface area contributed by atoms with Crippen molar-refractivity contribution in [2.75, 3.05) is 13.7 Å². The van der Waals surface area contributed by atoms with Crippen molar-refractivity contribution in [2.24, 2.45) is 0 Å². The monoisotopic (exact) mass is 265 g/mol. The molecule has 1 heterocycles. The van der Waals surface area contributed by atoms with Crippen LogP contribution in [0, 0.1) is 0 Å². The number of hydrogen-bond donors (Lipinski definition) is 2. The summed E-state index contributed by atoms with van der Waals surface area (Å²) in [7, 11) is 1.56. The van der Waals surface area contributed by atoms with Gasteiger partial charge in [-0.15, -0.1) is 0 Å². The number of aliphatic hydroxyl groups excluding tert-OH is 1. The standard InChI is InChI=1S/C14H19NO4/c1-14(2)7-11(16)10-5-4-9(6-12(10)19-14)18-8-13(17)15-3/h4-6,11,16H,7-8H2,1-3H3,(H,15,17). The van der Waals surface area contributed by atoms with Crippen LogP contribution in [0.5, 0.6) is 11.5 Å². The van der Waals surface area contributed by atoms with Crippen LogP contribution in [-0.2, 0) is 4.79 Å². The lowest BCUT2D eigenvalue weighted by Gasteiger charge is -2.35. The molecule has 1 aliphatic rings. The Morgan fingerprint density at radius 3 is 3.00 bits per heavy atom. The minimum atomic E-state index is -0.535. The summed E-state index contributed by atoms with van der Waals surface area (Å²) in [5.41, 5.74) is 0.345. The van der Waals surface area contributed by atoms with Crippen LogP contribution < -0.4 is 14.8 Å². The number of carbonyl (C=O) groups is 1. The Bertz CT molecular complexity index is 484. The number of carbonyl (C=O) groups excluding carboxylic acids is 1. The zero-order valence-corrected chi connectivity index (χ0v) is 11.4. The molecule has 1 amide bonds. The Morgan fingerprint density at radius 2 is 2.32 bits per heavy atom. The summed E-state index contributed by atoms with van der Waals surface area (Å²) in [6, 6.07) is 5.21. The van der Waals surface area contributed by atoms with Crippen molar-refractivity contribution in [1.29, 1.82) is 0 Å². The molecule has 0 aromatic heterocycles. The summed E-state index contributed by atoms with van der Waals surface area (Å²) in [6.07, 6.45) is 0.0186. The molecule has 5 heteroatoms. The minimum absolute atomic E-state index is 0.0404. The Hall–Kier alpha value is -1.75. The molecule has 0 saturated heterocycles. The smallest absolute Gasteiger partial charge is 0.257 e. The largest absolute Gasteiger partial charge is 0.487 e. The average molecular weight is 265 g/mol. The maximum absolute atomic E-state index is 11.1. The van der Waals surface area contributed by atoms with Crippen molar-refractivity contribution < 1.29 is 19.4 Å². The highest BCUT2D eigenvalue weighted by Gasteiger charge is 2.32. The number of ether oxygens (including phenoxy) is 2. The van der Waals surface area contributed by atoms with Crippen LogP contribution in [0.1, 0.15) is 31.9 Å². The molecule has 0 saturated carbocycles. The normalized spacial score (nSPS) is 20.1. The van der Waals surface area contributed by atoms with Crippen LogP contribution in [0.25, 0.3) is 0 Å². The van der Waals surface area contributed by atoms with E-state index < -0.39 is 11.7 Å². The number of benzene rings is 1. The molecule has 1 atom stereocenters. The van der Waals surface area contributed by atoms with E-state index in [-0.39, 0.29) is 12.5 Å². The number of aliphatic hydroxyl groups is 1. The second kappa shape index (κ2) is 5.09. The molecular weight excluding hydrogens is 246 g/mol. The van der Waals surface area contributed by atoms with Gasteiger partial charge >= 0.3 is 0 Å². The van der Waals surface area contributed by atoms with Crippen LogP contribution in [0.15, 0.2) is 18.2 Å². The molecule has 1 unspecified atom stereocenters. The van der Waals surface area contributed by atoms with E-state index >= 15 is 0 Å². The molecule has 1 aliphatic heterocycles. The van der Waals surface area contributed by atoms with E-state index in [1.807, 2.05) is 13.8 Å². The molecule has 0 spiro atoms. The fourth-order valence-corrected chi connectivity index (χ4v) is 2.10. The van der Waals surface area contributed by atoms with Crippen molar-refractivity contribution in [3.05, 3.63) is 23.8 Å². The van der Waals surface area contributed by atoms with Gasteiger partial charge in [-0.25, -0.2) is 0 Å². The van der Waals surface area contributed by atoms with Crippen molar-refractivity contribution in [1.82, 2.24) is 5.32 Å². The van der Waals surface area contributed by atoms with Gasteiger partial charge in [0.15, 0.2) is 6.61 Å². The third-order valence-electron chi connectivity index (χ3n) is 3.06. The number of rotatable bonds is 3. The van der Waals surface area contributed by atoms with E-state index in [1.165, 1.54) is 0 Å². The van der Waals surface area contributed by atoms with Gasteiger partial charge in [-0.1, -0.05) is 0 Å². The summed E-state index contributed by atoms with van der Waals surface area (Å²) >= 11 is 0. The van der Waals surface area contributed by atoms with E-state index in [4.69, 9.17) is 9.47 Å². The molecule has 0 bridgehead atoms. The Labute approximate surface area is 112 Å². The zero-order valence-electron chi connectivity index (χ0n) is 11.4. The highest BCUT2D eigenvalue weighted by Crippen LogP contribution is 2.40. The second-order valence-electron chi connectivity index (χ2n) is 5.24. The van der Waals surface area contributed by atoms with Gasteiger partial charge in [0.05, 0.1) is 6.10 Å². The van der Waals surface area contributed by atoms with E-state index in [2.05, 4.69) is 5.32 Å². The summed E-state index contributed by atoms with van der Waals surface area (Å²) in [5.74, 6) is 0.962. The van der Waals surface area contributed by atoms with Gasteiger partial charge in [0, 0.05) is 25.1 Å². The van der Waals surface area contributed by atoms with Crippen molar-refractivity contribution in [3.63, 3.8) is 0 Å². The number of fused-ring (bicyclic) bond motifs is 1. The molecule has 19 heavy (non-hydrogen) atoms. The molecule has 5 nitrogen and oxygen atoms in total. The van der Waals surface area contributed by atoms with Gasteiger partial charge < -0.3 is 19.9 Å². The molecular formula is C14H19NO4. The van der Waals surface area contributed by atoms with Crippen LogP contribution in [0.2, 0.25) is 0 Å². The molecule has 0 aliphatic carbocycles. The Morgan fingerprint density at radius 1 is 1.58 bits per heavy atom. The van der Waals surface area contributed by atoms with E-state index in [0.717, 1.165) is 5.56 Å². The Balaban J connectivity index is 2.16. The van der Waals surface area contributed by atoms with E-state index in [9.17, 15) is 9.90 Å². The first-order chi connectivity index (χ1) is 8.91. The predicted octanol–water partition coefficient (Wildman–Crippen LogP) is 1.41. The van der Waals surface area contributed by atoms with Crippen molar-refractivity contribution in [2.45, 2.75) is 32.0 Å². The highest BCUT2D eigenvalue weighted by molar-refractivity contribution is 5.77. The fraction of sp³-hybridized carbons (Fsp3) is 0.500. The first-order valence-electron chi connectivity index (χ1n) is 6.26. The lowest BCUT2D eigenvalue weighted by molar-refractivity contribution is -0.122. The summed E-state index contributed by atoms with van der Waals surface area (Å²) in [4.78, 5) is 11.1. The third kappa shape index (κ3) is 3.17. The first kappa shape index (κ1) is 13.7. The number of hydrogen-bond acceptors (Lipinski definition) is 4. The first-order valence-corrected chi connectivity index (χ1v) is 6.26. The summed E-state index contributed by atoms with van der Waals surface area (Å²) in [5, 5.41) is 12.5. The number of nitrogens with one attached hydrogen (secondary N) is 1. The molecule has 0 fully saturated rings. The van der Waals surface area contributed by atoms with Crippen LogP contribution in [0.3, 0.4) is 0 Å². The van der Waals surface area contributed by atoms with Crippen LogP contribution in [-0.4, -0.2) is 30.3 Å². The van der Waals surface area contributed by atoms with Crippen molar-refractivity contribution in [3.8, 4) is 11.5 Å². The SMILES string of the molecule is CNC(=O)COc1ccc2c(c1)OC(C)(C)CC2O. The fourth-order valence-electron chi connectivity index (χ4n) is 2.10. The lowest BCUT2D eigenvalue weighted by Crippen LogP contribution is -2.34. The van der Waals surface area contributed by atoms with Crippen molar-refractivity contribution >= 4 is 5.91 Å². The second-order valence-corrected chi connectivity index (χ2v) is 5.24. The lowest BCUT2D eigenvalue weighted by atomic mass is 9.92. The van der Waals surface area contributed by atoms with E-state index in [0.29, 0.717) is 17.9 Å². The number of likely N-dealkylation sites (N-methyl/N-ethyl adjacent to an activating group) is 1. The van der Waals surface area contributed by atoms with Gasteiger partial charge in [-0.2, -0.15) is 0 Å². The van der Waals surface area contributed by atoms with Gasteiger partial charge in [-0.05, 0) is 26.0 Å². The topological polar surface area (TPSA) is 67.8 Å². The molecule has 1 aromatic carbocycles. The van der Waals surface area contributed by atoms with Crippen LogP contribution in [0.4, 0.5) is 0 Å². The molecule has 1 aromatic rings. The summed E-state index contributed by atoms with van der Waals surface area (Å²) < 4.78 is 11.2. The van der Waals surface area contributed by atoms with Gasteiger partial charge in [0.2, 0.25) is 0 Å². The predicted molar refractivity (Wildman–Crippen MR) is 70.3 cm³/mol. The quantitative estimate of drug-likeness (QED) is 0.867. The number of amides is 1. The average Bonchev–Trinajstić information content (AvgIpc) is 2.33. The Kier molecular flexibility index (Phi) is 3.66. The molecule has 104 valence electrons. The highest BCUT2D eigenvalue weighted by atomic mass is 16.5. The van der Waals surface area contributed by atoms with E-state index in [1.54, 1.807) is 25.2 Å². The minimum Gasteiger partial charge on any atom is -0.487 e. The molecule has 0 radical (unpaired) electrons. The molecule has 2 rings (SSSR count). The maximum Gasteiger partial charge on any atom is 0.257 e. The molecule has 2 N–H and O–H groups in total. The summed E-state index contributed by atoms with van der Waals surface area (Å²) in [6.45, 7) is 3.82. The maximum atomic E-state index is 11.1. The van der Waals surface area contributed by atoms with Gasteiger partial charge in [0.25, 0.3) is 5.91 Å². The van der Waals surface area contributed by atoms with Gasteiger partial charge in [-0.3, -0.25) is 4.79 Å². The zero-order chi connectivity index (χ0) is 14.0.